The zero-order chi connectivity index (χ0) is 16.1. The van der Waals surface area contributed by atoms with Crippen molar-refractivity contribution < 1.29 is 14.3 Å². The third kappa shape index (κ3) is 3.68. The van der Waals surface area contributed by atoms with Crippen molar-refractivity contribution in [3.8, 4) is 6.07 Å². The molecule has 0 aliphatic carbocycles. The number of nitrogens with zero attached hydrogens (tertiary/aromatic N) is 1. The minimum atomic E-state index is -0.854. The molecule has 4 nitrogen and oxygen atoms in total. The Labute approximate surface area is 127 Å². The highest BCUT2D eigenvalue weighted by Crippen LogP contribution is 2.20. The Morgan fingerprint density at radius 2 is 2.00 bits per heavy atom. The number of carbonyl (C=O) groups is 1. The van der Waals surface area contributed by atoms with E-state index in [-0.39, 0.29) is 18.1 Å². The van der Waals surface area contributed by atoms with E-state index in [0.717, 1.165) is 0 Å². The highest BCUT2D eigenvalue weighted by molar-refractivity contribution is 5.95. The zero-order valence-electron chi connectivity index (χ0n) is 12.0. The van der Waals surface area contributed by atoms with Gasteiger partial charge in [0.15, 0.2) is 5.78 Å². The number of hydrogen-bond donors (Lipinski definition) is 2. The molecule has 0 heterocycles. The number of nitrogens with one attached hydrogen (secondary N) is 1. The molecule has 0 radical (unpaired) electrons. The number of benzene rings is 2. The number of aliphatic hydroxyl groups is 1. The van der Waals surface area contributed by atoms with Gasteiger partial charge in [0.05, 0.1) is 17.4 Å². The summed E-state index contributed by atoms with van der Waals surface area (Å²) in [5.74, 6) is -0.476. The van der Waals surface area contributed by atoms with E-state index in [4.69, 9.17) is 5.26 Å². The van der Waals surface area contributed by atoms with Crippen LogP contribution in [0.4, 0.5) is 10.1 Å². The summed E-state index contributed by atoms with van der Waals surface area (Å²) in [5, 5.41) is 22.1. The van der Waals surface area contributed by atoms with Crippen molar-refractivity contribution in [2.75, 3.05) is 11.9 Å². The number of ketones is 1. The summed E-state index contributed by atoms with van der Waals surface area (Å²) in [6.07, 6.45) is -0.854. The Morgan fingerprint density at radius 1 is 1.32 bits per heavy atom. The topological polar surface area (TPSA) is 73.1 Å². The molecule has 1 unspecified atom stereocenters. The molecule has 0 saturated carbocycles. The van der Waals surface area contributed by atoms with Crippen LogP contribution in [0.2, 0.25) is 0 Å². The number of nitriles is 1. The van der Waals surface area contributed by atoms with Crippen LogP contribution in [0.1, 0.15) is 34.5 Å². The van der Waals surface area contributed by atoms with Gasteiger partial charge in [0, 0.05) is 12.1 Å². The average molecular weight is 298 g/mol. The first-order valence-corrected chi connectivity index (χ1v) is 6.73. The molecule has 2 aromatic rings. The van der Waals surface area contributed by atoms with Crippen molar-refractivity contribution in [3.63, 3.8) is 0 Å². The molecule has 112 valence electrons. The lowest BCUT2D eigenvalue weighted by Crippen LogP contribution is -2.13. The van der Waals surface area contributed by atoms with Gasteiger partial charge >= 0.3 is 0 Å². The summed E-state index contributed by atoms with van der Waals surface area (Å²) < 4.78 is 12.9. The van der Waals surface area contributed by atoms with E-state index in [9.17, 15) is 14.3 Å². The molecule has 0 bridgehead atoms. The summed E-state index contributed by atoms with van der Waals surface area (Å²) in [6.45, 7) is 1.58. The molecule has 0 fully saturated rings. The molecule has 0 aromatic heterocycles. The number of anilines is 1. The van der Waals surface area contributed by atoms with Crippen molar-refractivity contribution in [2.45, 2.75) is 13.0 Å². The van der Waals surface area contributed by atoms with Crippen LogP contribution in [-0.2, 0) is 0 Å². The maximum Gasteiger partial charge on any atom is 0.159 e. The summed E-state index contributed by atoms with van der Waals surface area (Å²) in [5.41, 5.74) is 1.92. The maximum absolute atomic E-state index is 12.9. The standard InChI is InChI=1S/C17H15FN2O2/c1-11(21)13-2-3-14(9-19)16(8-13)20-10-17(22)12-4-6-15(18)7-5-12/h2-8,17,20,22H,10H2,1H3. The van der Waals surface area contributed by atoms with Crippen molar-refractivity contribution in [1.82, 2.24) is 0 Å². The summed E-state index contributed by atoms with van der Waals surface area (Å²) in [4.78, 5) is 11.4. The van der Waals surface area contributed by atoms with Gasteiger partial charge in [0.1, 0.15) is 11.9 Å². The van der Waals surface area contributed by atoms with Gasteiger partial charge in [0.2, 0.25) is 0 Å². The zero-order valence-corrected chi connectivity index (χ0v) is 12.0. The van der Waals surface area contributed by atoms with Crippen molar-refractivity contribution in [3.05, 3.63) is 65.0 Å². The number of aliphatic hydroxyl groups excluding tert-OH is 1. The van der Waals surface area contributed by atoms with Crippen LogP contribution in [0, 0.1) is 17.1 Å². The largest absolute Gasteiger partial charge is 0.387 e. The molecule has 22 heavy (non-hydrogen) atoms. The van der Waals surface area contributed by atoms with Gasteiger partial charge in [-0.2, -0.15) is 5.26 Å². The number of Topliss-reactive ketones (excluding diaryl/α,β-unsaturated/α-hetero) is 1. The molecule has 0 aliphatic rings. The van der Waals surface area contributed by atoms with Gasteiger partial charge in [-0.1, -0.05) is 12.1 Å². The Balaban J connectivity index is 2.13. The van der Waals surface area contributed by atoms with E-state index >= 15 is 0 Å². The fraction of sp³-hybridized carbons (Fsp3) is 0.176. The highest BCUT2D eigenvalue weighted by atomic mass is 19.1. The van der Waals surface area contributed by atoms with E-state index < -0.39 is 6.10 Å². The van der Waals surface area contributed by atoms with Gasteiger partial charge in [-0.05, 0) is 42.8 Å². The fourth-order valence-corrected chi connectivity index (χ4v) is 2.02. The van der Waals surface area contributed by atoms with Crippen LogP contribution in [-0.4, -0.2) is 17.4 Å². The van der Waals surface area contributed by atoms with Crippen LogP contribution < -0.4 is 5.32 Å². The molecule has 2 rings (SSSR count). The van der Waals surface area contributed by atoms with E-state index in [1.165, 1.54) is 31.2 Å². The number of carbonyl (C=O) groups excluding carboxylic acids is 1. The number of rotatable bonds is 5. The van der Waals surface area contributed by atoms with Crippen LogP contribution in [0.5, 0.6) is 0 Å². The van der Waals surface area contributed by atoms with Crippen LogP contribution in [0.25, 0.3) is 0 Å². The Kier molecular flexibility index (Phi) is 4.87. The molecule has 2 aromatic carbocycles. The summed E-state index contributed by atoms with van der Waals surface area (Å²) in [7, 11) is 0. The van der Waals surface area contributed by atoms with Gasteiger partial charge in [-0.3, -0.25) is 4.79 Å². The molecule has 0 amide bonds. The van der Waals surface area contributed by atoms with Crippen molar-refractivity contribution in [2.24, 2.45) is 0 Å². The quantitative estimate of drug-likeness (QED) is 0.832. The molecule has 5 heteroatoms. The number of halogens is 1. The summed E-state index contributed by atoms with van der Waals surface area (Å²) in [6, 6.07) is 12.3. The predicted octanol–water partition coefficient (Wildman–Crippen LogP) is 3.05. The highest BCUT2D eigenvalue weighted by Gasteiger charge is 2.10. The molecular weight excluding hydrogens is 283 g/mol. The fourth-order valence-electron chi connectivity index (χ4n) is 2.02. The maximum atomic E-state index is 12.9. The van der Waals surface area contributed by atoms with Crippen LogP contribution >= 0.6 is 0 Å². The van der Waals surface area contributed by atoms with Crippen molar-refractivity contribution in [1.29, 1.82) is 5.26 Å². The molecule has 0 saturated heterocycles. The SMILES string of the molecule is CC(=O)c1ccc(C#N)c(NCC(O)c2ccc(F)cc2)c1. The van der Waals surface area contributed by atoms with Crippen molar-refractivity contribution >= 4 is 11.5 Å². The first kappa shape index (κ1) is 15.7. The minimum Gasteiger partial charge on any atom is -0.387 e. The van der Waals surface area contributed by atoms with Crippen LogP contribution in [0.15, 0.2) is 42.5 Å². The van der Waals surface area contributed by atoms with Crippen LogP contribution in [0.3, 0.4) is 0 Å². The van der Waals surface area contributed by atoms with E-state index in [1.54, 1.807) is 18.2 Å². The Morgan fingerprint density at radius 3 is 2.59 bits per heavy atom. The molecule has 2 N–H and O–H groups in total. The second kappa shape index (κ2) is 6.83. The van der Waals surface area contributed by atoms with E-state index in [2.05, 4.69) is 5.32 Å². The Bertz CT molecular complexity index is 720. The molecule has 0 aliphatic heterocycles. The van der Waals surface area contributed by atoms with Gasteiger partial charge < -0.3 is 10.4 Å². The number of hydrogen-bond acceptors (Lipinski definition) is 4. The van der Waals surface area contributed by atoms with Gasteiger partial charge in [-0.15, -0.1) is 0 Å². The predicted molar refractivity (Wildman–Crippen MR) is 81.0 cm³/mol. The minimum absolute atomic E-state index is 0.105. The molecular formula is C17H15FN2O2. The molecule has 0 spiro atoms. The lowest BCUT2D eigenvalue weighted by atomic mass is 10.1. The Hall–Kier alpha value is -2.71. The molecule has 1 atom stereocenters. The second-order valence-electron chi connectivity index (χ2n) is 4.88. The average Bonchev–Trinajstić information content (AvgIpc) is 2.52. The second-order valence-corrected chi connectivity index (χ2v) is 4.88. The first-order valence-electron chi connectivity index (χ1n) is 6.73. The van der Waals surface area contributed by atoms with E-state index in [0.29, 0.717) is 22.4 Å². The normalized spacial score (nSPS) is 11.5. The first-order chi connectivity index (χ1) is 10.5. The summed E-state index contributed by atoms with van der Waals surface area (Å²) >= 11 is 0. The van der Waals surface area contributed by atoms with E-state index in [1.807, 2.05) is 6.07 Å². The lowest BCUT2D eigenvalue weighted by Gasteiger charge is -2.14. The lowest BCUT2D eigenvalue weighted by molar-refractivity contribution is 0.101. The smallest absolute Gasteiger partial charge is 0.159 e. The monoisotopic (exact) mass is 298 g/mol. The van der Waals surface area contributed by atoms with Gasteiger partial charge in [-0.25, -0.2) is 4.39 Å². The third-order valence-electron chi connectivity index (χ3n) is 3.29. The third-order valence-corrected chi connectivity index (χ3v) is 3.29. The van der Waals surface area contributed by atoms with Gasteiger partial charge in [0.25, 0.3) is 0 Å².